The molecule has 0 saturated heterocycles. The SMILES string of the molecule is COCc1cccc(OCC(C)(C)CBr)c1. The van der Waals surface area contributed by atoms with E-state index >= 15 is 0 Å². The average Bonchev–Trinajstić information content (AvgIpc) is 2.28. The number of hydrogen-bond acceptors (Lipinski definition) is 2. The lowest BCUT2D eigenvalue weighted by Crippen LogP contribution is -2.22. The molecule has 0 radical (unpaired) electrons. The Hall–Kier alpha value is -0.540. The van der Waals surface area contributed by atoms with Crippen LogP contribution in [0.3, 0.4) is 0 Å². The van der Waals surface area contributed by atoms with Gasteiger partial charge < -0.3 is 9.47 Å². The van der Waals surface area contributed by atoms with Gasteiger partial charge in [-0.1, -0.05) is 41.9 Å². The maximum absolute atomic E-state index is 5.76. The van der Waals surface area contributed by atoms with Gasteiger partial charge in [-0.3, -0.25) is 0 Å². The van der Waals surface area contributed by atoms with Gasteiger partial charge in [0.1, 0.15) is 5.75 Å². The van der Waals surface area contributed by atoms with Crippen LogP contribution < -0.4 is 4.74 Å². The third-order valence-electron chi connectivity index (χ3n) is 2.20. The minimum Gasteiger partial charge on any atom is -0.493 e. The molecule has 0 amide bonds. The molecule has 1 rings (SSSR count). The smallest absolute Gasteiger partial charge is 0.119 e. The van der Waals surface area contributed by atoms with Gasteiger partial charge in [-0.05, 0) is 17.7 Å². The van der Waals surface area contributed by atoms with Gasteiger partial charge in [0, 0.05) is 17.9 Å². The standard InChI is InChI=1S/C13H19BrO2/c1-13(2,9-14)10-16-12-6-4-5-11(7-12)8-15-3/h4-7H,8-10H2,1-3H3. The molecule has 0 bridgehead atoms. The summed E-state index contributed by atoms with van der Waals surface area (Å²) in [6, 6.07) is 8.02. The molecule has 0 spiro atoms. The maximum atomic E-state index is 5.76. The molecule has 0 aliphatic carbocycles. The Balaban J connectivity index is 2.57. The monoisotopic (exact) mass is 286 g/mol. The Morgan fingerprint density at radius 1 is 1.31 bits per heavy atom. The number of methoxy groups -OCH3 is 1. The van der Waals surface area contributed by atoms with Gasteiger partial charge >= 0.3 is 0 Å². The van der Waals surface area contributed by atoms with E-state index in [9.17, 15) is 0 Å². The number of hydrogen-bond donors (Lipinski definition) is 0. The van der Waals surface area contributed by atoms with Gasteiger partial charge in [-0.15, -0.1) is 0 Å². The number of benzene rings is 1. The van der Waals surface area contributed by atoms with Crippen molar-refractivity contribution in [2.75, 3.05) is 19.0 Å². The molecule has 2 nitrogen and oxygen atoms in total. The lowest BCUT2D eigenvalue weighted by molar-refractivity contribution is 0.182. The quantitative estimate of drug-likeness (QED) is 0.744. The Labute approximate surface area is 106 Å². The fourth-order valence-electron chi connectivity index (χ4n) is 1.21. The summed E-state index contributed by atoms with van der Waals surface area (Å²) in [6.07, 6.45) is 0. The molecule has 1 aromatic carbocycles. The molecule has 1 aromatic rings. The molecule has 0 heterocycles. The highest BCUT2D eigenvalue weighted by Gasteiger charge is 2.16. The highest BCUT2D eigenvalue weighted by Crippen LogP contribution is 2.21. The lowest BCUT2D eigenvalue weighted by Gasteiger charge is -2.21. The van der Waals surface area contributed by atoms with Gasteiger partial charge in [0.2, 0.25) is 0 Å². The molecule has 90 valence electrons. The Bertz CT molecular complexity index is 323. The summed E-state index contributed by atoms with van der Waals surface area (Å²) in [4.78, 5) is 0. The maximum Gasteiger partial charge on any atom is 0.119 e. The van der Waals surface area contributed by atoms with E-state index in [0.717, 1.165) is 16.6 Å². The predicted molar refractivity (Wildman–Crippen MR) is 70.2 cm³/mol. The molecule has 0 aliphatic heterocycles. The molecule has 0 aromatic heterocycles. The summed E-state index contributed by atoms with van der Waals surface area (Å²) < 4.78 is 10.8. The van der Waals surface area contributed by atoms with Crippen LogP contribution in [0.1, 0.15) is 19.4 Å². The average molecular weight is 287 g/mol. The van der Waals surface area contributed by atoms with Gasteiger partial charge in [-0.25, -0.2) is 0 Å². The zero-order chi connectivity index (χ0) is 12.0. The van der Waals surface area contributed by atoms with Crippen molar-refractivity contribution in [3.63, 3.8) is 0 Å². The second kappa shape index (κ2) is 6.26. The molecule has 0 fully saturated rings. The van der Waals surface area contributed by atoms with Crippen molar-refractivity contribution < 1.29 is 9.47 Å². The van der Waals surface area contributed by atoms with Crippen molar-refractivity contribution in [3.05, 3.63) is 29.8 Å². The van der Waals surface area contributed by atoms with Gasteiger partial charge in [0.15, 0.2) is 0 Å². The van der Waals surface area contributed by atoms with Gasteiger partial charge in [0.05, 0.1) is 13.2 Å². The molecular weight excluding hydrogens is 268 g/mol. The van der Waals surface area contributed by atoms with Crippen LogP contribution in [0.25, 0.3) is 0 Å². The largest absolute Gasteiger partial charge is 0.493 e. The Kier molecular flexibility index (Phi) is 5.29. The number of ether oxygens (including phenoxy) is 2. The third kappa shape index (κ3) is 4.54. The first kappa shape index (κ1) is 13.5. The van der Waals surface area contributed by atoms with Crippen LogP contribution in [0.2, 0.25) is 0 Å². The molecule has 16 heavy (non-hydrogen) atoms. The second-order valence-corrected chi connectivity index (χ2v) is 5.23. The summed E-state index contributed by atoms with van der Waals surface area (Å²) in [5.41, 5.74) is 1.29. The first-order chi connectivity index (χ1) is 7.57. The third-order valence-corrected chi connectivity index (χ3v) is 3.72. The molecule has 0 N–H and O–H groups in total. The van der Waals surface area contributed by atoms with Crippen LogP contribution >= 0.6 is 15.9 Å². The molecule has 3 heteroatoms. The Morgan fingerprint density at radius 3 is 2.69 bits per heavy atom. The highest BCUT2D eigenvalue weighted by molar-refractivity contribution is 9.09. The zero-order valence-corrected chi connectivity index (χ0v) is 11.7. The number of halogens is 1. The minimum atomic E-state index is 0.150. The molecule has 0 saturated carbocycles. The summed E-state index contributed by atoms with van der Waals surface area (Å²) in [5, 5.41) is 0.928. The fraction of sp³-hybridized carbons (Fsp3) is 0.538. The van der Waals surface area contributed by atoms with Gasteiger partial charge in [0.25, 0.3) is 0 Å². The molecule has 0 unspecified atom stereocenters. The van der Waals surface area contributed by atoms with Crippen molar-refractivity contribution in [3.8, 4) is 5.75 Å². The van der Waals surface area contributed by atoms with Crippen LogP contribution in [0, 0.1) is 5.41 Å². The molecule has 0 atom stereocenters. The van der Waals surface area contributed by atoms with E-state index in [2.05, 4.69) is 29.8 Å². The summed E-state index contributed by atoms with van der Waals surface area (Å²) >= 11 is 3.48. The minimum absolute atomic E-state index is 0.150. The van der Waals surface area contributed by atoms with Crippen LogP contribution in [0.4, 0.5) is 0 Å². The zero-order valence-electron chi connectivity index (χ0n) is 10.1. The molecular formula is C13H19BrO2. The van der Waals surface area contributed by atoms with Crippen LogP contribution in [-0.4, -0.2) is 19.0 Å². The normalized spacial score (nSPS) is 11.5. The first-order valence-electron chi connectivity index (χ1n) is 5.34. The van der Waals surface area contributed by atoms with E-state index in [1.54, 1.807) is 7.11 Å². The number of rotatable bonds is 6. The van der Waals surface area contributed by atoms with Crippen molar-refractivity contribution in [2.24, 2.45) is 5.41 Å². The first-order valence-corrected chi connectivity index (χ1v) is 6.46. The van der Waals surface area contributed by atoms with E-state index in [0.29, 0.717) is 13.2 Å². The van der Waals surface area contributed by atoms with Gasteiger partial charge in [-0.2, -0.15) is 0 Å². The fourth-order valence-corrected chi connectivity index (χ4v) is 1.37. The summed E-state index contributed by atoms with van der Waals surface area (Å²) in [6.45, 7) is 5.66. The van der Waals surface area contributed by atoms with Crippen LogP contribution in [0.5, 0.6) is 5.75 Å². The molecule has 0 aliphatic rings. The van der Waals surface area contributed by atoms with Crippen molar-refractivity contribution in [1.82, 2.24) is 0 Å². The van der Waals surface area contributed by atoms with Crippen molar-refractivity contribution in [2.45, 2.75) is 20.5 Å². The van der Waals surface area contributed by atoms with E-state index in [-0.39, 0.29) is 5.41 Å². The van der Waals surface area contributed by atoms with E-state index in [1.807, 2.05) is 24.3 Å². The topological polar surface area (TPSA) is 18.5 Å². The van der Waals surface area contributed by atoms with Crippen LogP contribution in [0.15, 0.2) is 24.3 Å². The highest BCUT2D eigenvalue weighted by atomic mass is 79.9. The lowest BCUT2D eigenvalue weighted by atomic mass is 9.98. The summed E-state index contributed by atoms with van der Waals surface area (Å²) in [5.74, 6) is 0.906. The summed E-state index contributed by atoms with van der Waals surface area (Å²) in [7, 11) is 1.70. The second-order valence-electron chi connectivity index (χ2n) is 4.67. The van der Waals surface area contributed by atoms with E-state index < -0.39 is 0 Å². The predicted octanol–water partition coefficient (Wildman–Crippen LogP) is 3.63. The Morgan fingerprint density at radius 2 is 2.06 bits per heavy atom. The number of alkyl halides is 1. The van der Waals surface area contributed by atoms with E-state index in [1.165, 1.54) is 0 Å². The van der Waals surface area contributed by atoms with E-state index in [4.69, 9.17) is 9.47 Å². The van der Waals surface area contributed by atoms with Crippen LogP contribution in [-0.2, 0) is 11.3 Å². The van der Waals surface area contributed by atoms with Crippen molar-refractivity contribution >= 4 is 15.9 Å². The van der Waals surface area contributed by atoms with Crippen molar-refractivity contribution in [1.29, 1.82) is 0 Å².